The van der Waals surface area contributed by atoms with Crippen LogP contribution in [-0.4, -0.2) is 43.2 Å². The highest BCUT2D eigenvalue weighted by atomic mass is 16.5. The molecule has 0 atom stereocenters. The van der Waals surface area contributed by atoms with E-state index in [1.54, 1.807) is 24.3 Å². The lowest BCUT2D eigenvalue weighted by molar-refractivity contribution is 0.0342. The second kappa shape index (κ2) is 9.32. The molecule has 162 valence electrons. The second-order valence-electron chi connectivity index (χ2n) is 7.81. The van der Waals surface area contributed by atoms with E-state index in [0.717, 1.165) is 18.7 Å². The molecule has 0 aliphatic carbocycles. The number of nitrogens with one attached hydrogen (secondary N) is 1. The van der Waals surface area contributed by atoms with Gasteiger partial charge < -0.3 is 19.2 Å². The van der Waals surface area contributed by atoms with Crippen molar-refractivity contribution in [2.45, 2.75) is 26.5 Å². The molecule has 1 fully saturated rings. The molecular formula is C24H26N2O5. The monoisotopic (exact) mass is 422 g/mol. The molecule has 3 aromatic rings. The molecule has 2 aromatic carbocycles. The summed E-state index contributed by atoms with van der Waals surface area (Å²) >= 11 is 0. The molecule has 0 radical (unpaired) electrons. The Morgan fingerprint density at radius 1 is 1.13 bits per heavy atom. The number of nitrogens with zero attached hydrogens (tertiary/aromatic N) is 1. The fourth-order valence-corrected chi connectivity index (χ4v) is 3.57. The fourth-order valence-electron chi connectivity index (χ4n) is 3.57. The summed E-state index contributed by atoms with van der Waals surface area (Å²) in [5.41, 5.74) is 1.33. The number of rotatable bonds is 6. The molecule has 1 N–H and O–H groups in total. The maximum absolute atomic E-state index is 12.9. The Morgan fingerprint density at radius 2 is 1.90 bits per heavy atom. The van der Waals surface area contributed by atoms with Gasteiger partial charge in [-0.3, -0.25) is 9.69 Å². The van der Waals surface area contributed by atoms with Crippen LogP contribution in [0.2, 0.25) is 0 Å². The smallest absolute Gasteiger partial charge is 0.349 e. The minimum Gasteiger partial charge on any atom is -0.491 e. The van der Waals surface area contributed by atoms with Gasteiger partial charge in [-0.25, -0.2) is 4.79 Å². The van der Waals surface area contributed by atoms with Gasteiger partial charge in [-0.2, -0.15) is 0 Å². The number of carbonyl (C=O) groups is 1. The SMILES string of the molecule is CC(C)Oc1ccc2cc(C(=O)Nc3ccccc3CN3CCOCC3)c(=O)oc2c1. The van der Waals surface area contributed by atoms with Gasteiger partial charge in [0, 0.05) is 36.8 Å². The first-order chi connectivity index (χ1) is 15.0. The summed E-state index contributed by atoms with van der Waals surface area (Å²) in [6.45, 7) is 7.64. The topological polar surface area (TPSA) is 81.0 Å². The van der Waals surface area contributed by atoms with Crippen LogP contribution in [0.3, 0.4) is 0 Å². The van der Waals surface area contributed by atoms with Crippen LogP contribution in [0.5, 0.6) is 5.75 Å². The van der Waals surface area contributed by atoms with E-state index in [9.17, 15) is 9.59 Å². The van der Waals surface area contributed by atoms with Crippen molar-refractivity contribution in [2.24, 2.45) is 0 Å². The van der Waals surface area contributed by atoms with Gasteiger partial charge in [0.1, 0.15) is 16.9 Å². The molecule has 1 amide bonds. The van der Waals surface area contributed by atoms with Crippen LogP contribution in [0.25, 0.3) is 11.0 Å². The number of anilines is 1. The van der Waals surface area contributed by atoms with E-state index < -0.39 is 11.5 Å². The summed E-state index contributed by atoms with van der Waals surface area (Å²) in [4.78, 5) is 27.7. The molecule has 31 heavy (non-hydrogen) atoms. The van der Waals surface area contributed by atoms with Crippen molar-refractivity contribution in [3.8, 4) is 5.75 Å². The first kappa shape index (κ1) is 21.1. The van der Waals surface area contributed by atoms with Crippen LogP contribution < -0.4 is 15.7 Å². The summed E-state index contributed by atoms with van der Waals surface area (Å²) in [5, 5.41) is 3.53. The largest absolute Gasteiger partial charge is 0.491 e. The number of benzene rings is 2. The Labute approximate surface area is 180 Å². The maximum atomic E-state index is 12.9. The molecule has 1 aromatic heterocycles. The average molecular weight is 422 g/mol. The second-order valence-corrected chi connectivity index (χ2v) is 7.81. The third kappa shape index (κ3) is 5.13. The standard InChI is InChI=1S/C24H26N2O5/c1-16(2)30-19-8-7-17-13-20(24(28)31-22(17)14-19)23(27)25-21-6-4-3-5-18(21)15-26-9-11-29-12-10-26/h3-8,13-14,16H,9-12,15H2,1-2H3,(H,25,27). The van der Waals surface area contributed by atoms with Gasteiger partial charge in [0.2, 0.25) is 0 Å². The number of hydrogen-bond acceptors (Lipinski definition) is 6. The van der Waals surface area contributed by atoms with Gasteiger partial charge >= 0.3 is 5.63 Å². The normalized spacial score (nSPS) is 14.7. The summed E-state index contributed by atoms with van der Waals surface area (Å²) in [5.74, 6) is 0.118. The van der Waals surface area contributed by atoms with E-state index in [4.69, 9.17) is 13.9 Å². The molecule has 1 aliphatic rings. The number of carbonyl (C=O) groups excluding carboxylic acids is 1. The van der Waals surface area contributed by atoms with Crippen molar-refractivity contribution in [1.29, 1.82) is 0 Å². The number of fused-ring (bicyclic) bond motifs is 1. The van der Waals surface area contributed by atoms with Crippen molar-refractivity contribution in [3.05, 3.63) is 70.1 Å². The Kier molecular flexibility index (Phi) is 6.34. The molecule has 1 aliphatic heterocycles. The zero-order valence-electron chi connectivity index (χ0n) is 17.7. The summed E-state index contributed by atoms with van der Waals surface area (Å²) in [6, 6.07) is 14.4. The Balaban J connectivity index is 1.56. The summed E-state index contributed by atoms with van der Waals surface area (Å²) < 4.78 is 16.4. The van der Waals surface area contributed by atoms with Crippen molar-refractivity contribution in [2.75, 3.05) is 31.6 Å². The Morgan fingerprint density at radius 3 is 2.68 bits per heavy atom. The van der Waals surface area contributed by atoms with Gasteiger partial charge in [0.05, 0.1) is 19.3 Å². The maximum Gasteiger partial charge on any atom is 0.349 e. The van der Waals surface area contributed by atoms with Gasteiger partial charge in [-0.15, -0.1) is 0 Å². The molecule has 2 heterocycles. The van der Waals surface area contributed by atoms with Crippen LogP contribution in [-0.2, 0) is 11.3 Å². The predicted molar refractivity (Wildman–Crippen MR) is 119 cm³/mol. The van der Waals surface area contributed by atoms with Crippen LogP contribution in [0.4, 0.5) is 5.69 Å². The molecular weight excluding hydrogens is 396 g/mol. The number of para-hydroxylation sites is 1. The molecule has 0 bridgehead atoms. The van der Waals surface area contributed by atoms with Gasteiger partial charge in [0.15, 0.2) is 0 Å². The number of morpholine rings is 1. The minimum atomic E-state index is -0.683. The van der Waals surface area contributed by atoms with E-state index in [1.165, 1.54) is 0 Å². The van der Waals surface area contributed by atoms with E-state index in [0.29, 0.717) is 42.2 Å². The predicted octanol–water partition coefficient (Wildman–Crippen LogP) is 3.66. The molecule has 0 unspecified atom stereocenters. The zero-order chi connectivity index (χ0) is 21.8. The zero-order valence-corrected chi connectivity index (χ0v) is 17.7. The molecule has 4 rings (SSSR count). The highest BCUT2D eigenvalue weighted by Gasteiger charge is 2.17. The highest BCUT2D eigenvalue weighted by Crippen LogP contribution is 2.23. The number of hydrogen-bond donors (Lipinski definition) is 1. The lowest BCUT2D eigenvalue weighted by Gasteiger charge is -2.27. The first-order valence-corrected chi connectivity index (χ1v) is 10.4. The lowest BCUT2D eigenvalue weighted by atomic mass is 10.1. The fraction of sp³-hybridized carbons (Fsp3) is 0.333. The van der Waals surface area contributed by atoms with Crippen LogP contribution >= 0.6 is 0 Å². The molecule has 0 saturated carbocycles. The van der Waals surface area contributed by atoms with Crippen molar-refractivity contribution in [1.82, 2.24) is 4.90 Å². The summed E-state index contributed by atoms with van der Waals surface area (Å²) in [7, 11) is 0. The average Bonchev–Trinajstić information content (AvgIpc) is 2.75. The molecule has 7 nitrogen and oxygen atoms in total. The first-order valence-electron chi connectivity index (χ1n) is 10.4. The van der Waals surface area contributed by atoms with Gasteiger partial charge in [0.25, 0.3) is 5.91 Å². The van der Waals surface area contributed by atoms with Crippen LogP contribution in [0.1, 0.15) is 29.8 Å². The third-order valence-corrected chi connectivity index (χ3v) is 5.09. The van der Waals surface area contributed by atoms with Crippen molar-refractivity contribution in [3.63, 3.8) is 0 Å². The third-order valence-electron chi connectivity index (χ3n) is 5.09. The summed E-state index contributed by atoms with van der Waals surface area (Å²) in [6.07, 6.45) is 0.00625. The Bertz CT molecular complexity index is 1130. The molecule has 0 spiro atoms. The Hall–Kier alpha value is -3.16. The molecule has 7 heteroatoms. The highest BCUT2D eigenvalue weighted by molar-refractivity contribution is 6.05. The van der Waals surface area contributed by atoms with Crippen LogP contribution in [0.15, 0.2) is 57.7 Å². The quantitative estimate of drug-likeness (QED) is 0.611. The number of amides is 1. The van der Waals surface area contributed by atoms with E-state index in [1.807, 2.05) is 38.1 Å². The van der Waals surface area contributed by atoms with Gasteiger partial charge in [-0.1, -0.05) is 18.2 Å². The molecule has 1 saturated heterocycles. The van der Waals surface area contributed by atoms with E-state index >= 15 is 0 Å². The lowest BCUT2D eigenvalue weighted by Crippen LogP contribution is -2.35. The van der Waals surface area contributed by atoms with Crippen molar-refractivity contribution >= 4 is 22.6 Å². The van der Waals surface area contributed by atoms with Crippen LogP contribution in [0, 0.1) is 0 Å². The minimum absolute atomic E-state index is 0.00625. The van der Waals surface area contributed by atoms with Crippen molar-refractivity contribution < 1.29 is 18.7 Å². The van der Waals surface area contributed by atoms with E-state index in [2.05, 4.69) is 10.2 Å². The van der Waals surface area contributed by atoms with Gasteiger partial charge in [-0.05, 0) is 43.7 Å². The number of ether oxygens (including phenoxy) is 2. The van der Waals surface area contributed by atoms with E-state index in [-0.39, 0.29) is 11.7 Å².